The predicted octanol–water partition coefficient (Wildman–Crippen LogP) is 2.70. The van der Waals surface area contributed by atoms with Crippen LogP contribution in [0.1, 0.15) is 60.8 Å². The van der Waals surface area contributed by atoms with E-state index in [-0.39, 0.29) is 31.4 Å². The maximum Gasteiger partial charge on any atom is 0.333 e. The summed E-state index contributed by atoms with van der Waals surface area (Å²) in [6.45, 7) is 12.9. The van der Waals surface area contributed by atoms with Crippen molar-refractivity contribution in [2.75, 3.05) is 19.8 Å². The zero-order chi connectivity index (χ0) is 28.8. The van der Waals surface area contributed by atoms with Crippen molar-refractivity contribution in [2.24, 2.45) is 0 Å². The fraction of sp³-hybridized carbons (Fsp3) is 0.630. The van der Waals surface area contributed by atoms with Gasteiger partial charge in [-0.3, -0.25) is 14.4 Å². The number of hydrogen-bond acceptors (Lipinski definition) is 11. The van der Waals surface area contributed by atoms with Crippen molar-refractivity contribution in [1.82, 2.24) is 0 Å². The first kappa shape index (κ1) is 33.0. The van der Waals surface area contributed by atoms with E-state index < -0.39 is 48.6 Å². The van der Waals surface area contributed by atoms with Gasteiger partial charge in [0.25, 0.3) is 0 Å². The summed E-state index contributed by atoms with van der Waals surface area (Å²) in [5.41, 5.74) is 2.10. The van der Waals surface area contributed by atoms with Crippen LogP contribution in [0.25, 0.3) is 0 Å². The summed E-state index contributed by atoms with van der Waals surface area (Å²) in [7, 11) is 0. The first-order valence-corrected chi connectivity index (χ1v) is 12.4. The number of aliphatic hydroxyl groups excluding tert-OH is 1. The molecule has 0 aromatic carbocycles. The molecule has 1 aliphatic heterocycles. The van der Waals surface area contributed by atoms with Crippen LogP contribution in [0.5, 0.6) is 0 Å². The third-order valence-corrected chi connectivity index (χ3v) is 5.60. The lowest BCUT2D eigenvalue weighted by Crippen LogP contribution is -2.62. The normalized spacial score (nSPS) is 23.8. The van der Waals surface area contributed by atoms with Gasteiger partial charge in [-0.25, -0.2) is 4.79 Å². The Morgan fingerprint density at radius 1 is 0.921 bits per heavy atom. The quantitative estimate of drug-likeness (QED) is 0.150. The Morgan fingerprint density at radius 3 is 2.16 bits per heavy atom. The highest BCUT2D eigenvalue weighted by Gasteiger charge is 2.50. The largest absolute Gasteiger partial charge is 0.463 e. The van der Waals surface area contributed by atoms with Gasteiger partial charge in [-0.1, -0.05) is 24.3 Å². The maximum absolute atomic E-state index is 12.5. The molecule has 1 fully saturated rings. The lowest BCUT2D eigenvalue weighted by atomic mass is 9.98. The topological polar surface area (TPSA) is 144 Å². The number of carbonyl (C=O) groups excluding carboxylic acids is 4. The first-order chi connectivity index (χ1) is 17.8. The van der Waals surface area contributed by atoms with E-state index >= 15 is 0 Å². The van der Waals surface area contributed by atoms with Gasteiger partial charge >= 0.3 is 23.9 Å². The van der Waals surface area contributed by atoms with Crippen LogP contribution in [0.3, 0.4) is 0 Å². The highest BCUT2D eigenvalue weighted by atomic mass is 16.7. The van der Waals surface area contributed by atoms with Crippen molar-refractivity contribution in [3.8, 4) is 0 Å². The van der Waals surface area contributed by atoms with Crippen molar-refractivity contribution in [2.45, 2.75) is 91.5 Å². The Labute approximate surface area is 223 Å². The summed E-state index contributed by atoms with van der Waals surface area (Å²) in [5, 5.41) is 11.0. The molecular weight excluding hydrogens is 500 g/mol. The van der Waals surface area contributed by atoms with Crippen molar-refractivity contribution in [3.63, 3.8) is 0 Å². The fourth-order valence-corrected chi connectivity index (χ4v) is 3.41. The number of allylic oxidation sites excluding steroid dienone is 2. The maximum atomic E-state index is 12.5. The molecule has 11 nitrogen and oxygen atoms in total. The van der Waals surface area contributed by atoms with E-state index in [1.165, 1.54) is 26.8 Å². The highest BCUT2D eigenvalue weighted by molar-refractivity contribution is 5.87. The number of aliphatic hydroxyl groups is 1. The van der Waals surface area contributed by atoms with Crippen molar-refractivity contribution >= 4 is 23.9 Å². The average Bonchev–Trinajstić information content (AvgIpc) is 2.84. The van der Waals surface area contributed by atoms with Crippen LogP contribution < -0.4 is 0 Å². The molecule has 1 aliphatic rings. The molecule has 1 heterocycles. The second-order valence-electron chi connectivity index (χ2n) is 8.99. The van der Waals surface area contributed by atoms with E-state index in [4.69, 9.17) is 28.4 Å². The molecule has 0 saturated carbocycles. The molecule has 1 rings (SSSR count). The van der Waals surface area contributed by atoms with Gasteiger partial charge in [-0.2, -0.15) is 0 Å². The van der Waals surface area contributed by atoms with Gasteiger partial charge in [0, 0.05) is 26.3 Å². The zero-order valence-electron chi connectivity index (χ0n) is 23.0. The van der Waals surface area contributed by atoms with E-state index in [1.807, 2.05) is 13.0 Å². The van der Waals surface area contributed by atoms with Crippen molar-refractivity contribution in [1.29, 1.82) is 0 Å². The SMILES string of the molecule is C=C(CCC=C(C)COC(C)=O)CCOC1OC(COC(C)=O)C(OC(C)=O)C(OC(=O)C(C)=CC)C1O. The van der Waals surface area contributed by atoms with E-state index in [0.717, 1.165) is 18.1 Å². The molecule has 214 valence electrons. The van der Waals surface area contributed by atoms with Gasteiger partial charge in [-0.05, 0) is 45.6 Å². The minimum Gasteiger partial charge on any atom is -0.463 e. The van der Waals surface area contributed by atoms with Crippen LogP contribution in [0.15, 0.2) is 35.5 Å². The molecule has 5 unspecified atom stereocenters. The number of esters is 4. The Kier molecular flexibility index (Phi) is 14.5. The van der Waals surface area contributed by atoms with Gasteiger partial charge in [-0.15, -0.1) is 0 Å². The van der Waals surface area contributed by atoms with Gasteiger partial charge in [0.2, 0.25) is 0 Å². The first-order valence-electron chi connectivity index (χ1n) is 12.4. The van der Waals surface area contributed by atoms with E-state index in [0.29, 0.717) is 19.3 Å². The van der Waals surface area contributed by atoms with Gasteiger partial charge in [0.15, 0.2) is 18.5 Å². The summed E-state index contributed by atoms with van der Waals surface area (Å²) in [6, 6.07) is 0. The molecule has 5 atom stereocenters. The number of carbonyl (C=O) groups is 4. The van der Waals surface area contributed by atoms with Crippen LogP contribution in [0.4, 0.5) is 0 Å². The summed E-state index contributed by atoms with van der Waals surface area (Å²) >= 11 is 0. The molecule has 1 saturated heterocycles. The number of rotatable bonds is 14. The summed E-state index contributed by atoms with van der Waals surface area (Å²) in [6.07, 6.45) is -1.08. The van der Waals surface area contributed by atoms with E-state index in [9.17, 15) is 24.3 Å². The molecule has 11 heteroatoms. The molecule has 1 N–H and O–H groups in total. The van der Waals surface area contributed by atoms with Crippen LogP contribution in [0.2, 0.25) is 0 Å². The Balaban J connectivity index is 2.86. The molecule has 0 spiro atoms. The lowest BCUT2D eigenvalue weighted by Gasteiger charge is -2.43. The van der Waals surface area contributed by atoms with Crippen LogP contribution in [-0.2, 0) is 47.6 Å². The van der Waals surface area contributed by atoms with Gasteiger partial charge in [0.05, 0.1) is 6.61 Å². The smallest absolute Gasteiger partial charge is 0.333 e. The number of hydrogen-bond donors (Lipinski definition) is 1. The second-order valence-corrected chi connectivity index (χ2v) is 8.99. The zero-order valence-corrected chi connectivity index (χ0v) is 23.0. The molecule has 38 heavy (non-hydrogen) atoms. The molecule has 0 aliphatic carbocycles. The summed E-state index contributed by atoms with van der Waals surface area (Å²) in [5.74, 6) is -2.35. The Bertz CT molecular complexity index is 905. The molecule has 0 amide bonds. The van der Waals surface area contributed by atoms with Gasteiger partial charge < -0.3 is 33.5 Å². The summed E-state index contributed by atoms with van der Waals surface area (Å²) < 4.78 is 32.3. The highest BCUT2D eigenvalue weighted by Crippen LogP contribution is 2.28. The van der Waals surface area contributed by atoms with Crippen LogP contribution in [0, 0.1) is 0 Å². The van der Waals surface area contributed by atoms with Crippen LogP contribution >= 0.6 is 0 Å². The molecule has 0 bridgehead atoms. The Hall–Kier alpha value is -3.02. The van der Waals surface area contributed by atoms with Gasteiger partial charge in [0.1, 0.15) is 25.4 Å². The predicted molar refractivity (Wildman–Crippen MR) is 135 cm³/mol. The van der Waals surface area contributed by atoms with E-state index in [2.05, 4.69) is 6.58 Å². The molecule has 0 radical (unpaired) electrons. The minimum atomic E-state index is -1.50. The van der Waals surface area contributed by atoms with Crippen molar-refractivity contribution < 1.29 is 52.7 Å². The molecule has 0 aromatic rings. The summed E-state index contributed by atoms with van der Waals surface area (Å²) in [4.78, 5) is 46.5. The van der Waals surface area contributed by atoms with Crippen molar-refractivity contribution in [3.05, 3.63) is 35.5 Å². The van der Waals surface area contributed by atoms with Crippen LogP contribution in [-0.4, -0.2) is 79.5 Å². The lowest BCUT2D eigenvalue weighted by molar-refractivity contribution is -0.305. The minimum absolute atomic E-state index is 0.129. The average molecular weight is 541 g/mol. The number of ether oxygens (including phenoxy) is 6. The third kappa shape index (κ3) is 12.0. The Morgan fingerprint density at radius 2 is 1.58 bits per heavy atom. The second kappa shape index (κ2) is 16.7. The third-order valence-electron chi connectivity index (χ3n) is 5.60. The molecular formula is C27H40O11. The standard InChI is InChI=1S/C27H40O11/c1-8-18(4)26(32)38-25-23(31)27(37-22(15-35-20(6)29)24(25)36-21(7)30)33-13-12-16(2)10-9-11-17(3)14-34-19(5)28/h8,11,22-25,27,31H,2,9-10,12-15H2,1,3-7H3. The monoisotopic (exact) mass is 540 g/mol. The van der Waals surface area contributed by atoms with E-state index in [1.54, 1.807) is 6.92 Å². The fourth-order valence-electron chi connectivity index (χ4n) is 3.41. The molecule has 0 aromatic heterocycles.